The summed E-state index contributed by atoms with van der Waals surface area (Å²) in [6.45, 7) is 4.57. The molecular formula is C14H24N2O. The summed E-state index contributed by atoms with van der Waals surface area (Å²) in [5.41, 5.74) is 0. The van der Waals surface area contributed by atoms with E-state index in [9.17, 15) is 0 Å². The van der Waals surface area contributed by atoms with Crippen LogP contribution >= 0.6 is 0 Å². The summed E-state index contributed by atoms with van der Waals surface area (Å²) in [6.07, 6.45) is 7.03. The summed E-state index contributed by atoms with van der Waals surface area (Å²) in [5, 5.41) is 3.26. The first-order valence-corrected chi connectivity index (χ1v) is 6.76. The third-order valence-electron chi connectivity index (χ3n) is 3.85. The predicted octanol–water partition coefficient (Wildman–Crippen LogP) is 2.80. The van der Waals surface area contributed by atoms with E-state index in [1.54, 1.807) is 6.26 Å². The molecule has 3 nitrogen and oxygen atoms in total. The highest BCUT2D eigenvalue weighted by Gasteiger charge is 2.27. The highest BCUT2D eigenvalue weighted by molar-refractivity contribution is 5.04. The third kappa shape index (κ3) is 3.11. The average Bonchev–Trinajstić information content (AvgIpc) is 2.89. The highest BCUT2D eigenvalue weighted by atomic mass is 16.3. The van der Waals surface area contributed by atoms with Crippen LogP contribution in [0.15, 0.2) is 22.8 Å². The Morgan fingerprint density at radius 2 is 2.41 bits per heavy atom. The van der Waals surface area contributed by atoms with Gasteiger partial charge >= 0.3 is 0 Å². The van der Waals surface area contributed by atoms with Gasteiger partial charge in [-0.3, -0.25) is 4.90 Å². The fraction of sp³-hybridized carbons (Fsp3) is 0.714. The molecule has 2 atom stereocenters. The van der Waals surface area contributed by atoms with Gasteiger partial charge in [-0.25, -0.2) is 0 Å². The number of hydrogen-bond donors (Lipinski definition) is 1. The summed E-state index contributed by atoms with van der Waals surface area (Å²) in [7, 11) is 2.03. The van der Waals surface area contributed by atoms with Crippen LogP contribution in [0.25, 0.3) is 0 Å². The molecule has 2 rings (SSSR count). The van der Waals surface area contributed by atoms with E-state index in [-0.39, 0.29) is 0 Å². The number of rotatable bonds is 5. The van der Waals surface area contributed by atoms with Gasteiger partial charge in [-0.15, -0.1) is 0 Å². The third-order valence-corrected chi connectivity index (χ3v) is 3.85. The van der Waals surface area contributed by atoms with Crippen molar-refractivity contribution in [2.45, 2.75) is 44.7 Å². The molecule has 3 heteroatoms. The van der Waals surface area contributed by atoms with Crippen molar-refractivity contribution >= 4 is 0 Å². The molecule has 0 aromatic carbocycles. The van der Waals surface area contributed by atoms with Gasteiger partial charge in [-0.05, 0) is 58.5 Å². The lowest BCUT2D eigenvalue weighted by molar-refractivity contribution is 0.0860. The monoisotopic (exact) mass is 236 g/mol. The van der Waals surface area contributed by atoms with E-state index < -0.39 is 0 Å². The topological polar surface area (TPSA) is 28.4 Å². The highest BCUT2D eigenvalue weighted by Crippen LogP contribution is 2.29. The Morgan fingerprint density at radius 1 is 1.53 bits per heavy atom. The Morgan fingerprint density at radius 3 is 3.12 bits per heavy atom. The van der Waals surface area contributed by atoms with E-state index in [0.29, 0.717) is 12.1 Å². The second-order valence-corrected chi connectivity index (χ2v) is 4.97. The average molecular weight is 236 g/mol. The zero-order valence-corrected chi connectivity index (χ0v) is 11.0. The van der Waals surface area contributed by atoms with Crippen molar-refractivity contribution in [3.8, 4) is 0 Å². The number of furan rings is 1. The fourth-order valence-corrected chi connectivity index (χ4v) is 2.85. The molecule has 1 aliphatic heterocycles. The lowest BCUT2D eigenvalue weighted by Gasteiger charge is -2.39. The summed E-state index contributed by atoms with van der Waals surface area (Å²) in [6, 6.07) is 5.19. The lowest BCUT2D eigenvalue weighted by atomic mass is 9.97. The first-order chi connectivity index (χ1) is 8.33. The van der Waals surface area contributed by atoms with Crippen LogP contribution < -0.4 is 5.32 Å². The maximum Gasteiger partial charge on any atom is 0.120 e. The van der Waals surface area contributed by atoms with Crippen molar-refractivity contribution in [1.82, 2.24) is 10.2 Å². The number of hydrogen-bond acceptors (Lipinski definition) is 3. The van der Waals surface area contributed by atoms with Crippen molar-refractivity contribution in [2.24, 2.45) is 0 Å². The van der Waals surface area contributed by atoms with Crippen molar-refractivity contribution < 1.29 is 4.42 Å². The first-order valence-electron chi connectivity index (χ1n) is 6.76. The molecule has 2 unspecified atom stereocenters. The Hall–Kier alpha value is -0.800. The molecule has 0 radical (unpaired) electrons. The van der Waals surface area contributed by atoms with E-state index in [4.69, 9.17) is 4.42 Å². The smallest absolute Gasteiger partial charge is 0.120 e. The van der Waals surface area contributed by atoms with Gasteiger partial charge in [0.25, 0.3) is 0 Å². The van der Waals surface area contributed by atoms with Gasteiger partial charge in [-0.1, -0.05) is 6.42 Å². The number of likely N-dealkylation sites (tertiary alicyclic amines) is 1. The molecule has 17 heavy (non-hydrogen) atoms. The number of nitrogens with zero attached hydrogens (tertiary/aromatic N) is 1. The Balaban J connectivity index is 2.00. The van der Waals surface area contributed by atoms with E-state index >= 15 is 0 Å². The predicted molar refractivity (Wildman–Crippen MR) is 70.0 cm³/mol. The molecule has 1 aromatic rings. The molecule has 96 valence electrons. The largest absolute Gasteiger partial charge is 0.468 e. The Kier molecular flexibility index (Phi) is 4.63. The summed E-state index contributed by atoms with van der Waals surface area (Å²) >= 11 is 0. The molecule has 0 spiro atoms. The zero-order chi connectivity index (χ0) is 12.1. The molecule has 1 aliphatic rings. The van der Waals surface area contributed by atoms with E-state index in [2.05, 4.69) is 23.2 Å². The molecule has 1 aromatic heterocycles. The van der Waals surface area contributed by atoms with Crippen molar-refractivity contribution in [2.75, 3.05) is 20.1 Å². The van der Waals surface area contributed by atoms with E-state index in [1.165, 1.54) is 32.2 Å². The Bertz CT molecular complexity index is 310. The van der Waals surface area contributed by atoms with Crippen LogP contribution in [0.1, 0.15) is 44.4 Å². The van der Waals surface area contributed by atoms with Crippen molar-refractivity contribution in [3.63, 3.8) is 0 Å². The maximum absolute atomic E-state index is 5.54. The molecule has 0 amide bonds. The Labute approximate surface area is 104 Å². The molecule has 0 aliphatic carbocycles. The van der Waals surface area contributed by atoms with Crippen molar-refractivity contribution in [1.29, 1.82) is 0 Å². The quantitative estimate of drug-likeness (QED) is 0.852. The number of piperidine rings is 1. The molecule has 1 fully saturated rings. The molecule has 1 saturated heterocycles. The summed E-state index contributed by atoms with van der Waals surface area (Å²) in [4.78, 5) is 2.61. The van der Waals surface area contributed by atoms with Gasteiger partial charge in [0, 0.05) is 6.04 Å². The lowest BCUT2D eigenvalue weighted by Crippen LogP contribution is -2.42. The van der Waals surface area contributed by atoms with Gasteiger partial charge in [0.05, 0.1) is 12.3 Å². The van der Waals surface area contributed by atoms with Crippen LogP contribution in [0, 0.1) is 0 Å². The fourth-order valence-electron chi connectivity index (χ4n) is 2.85. The molecule has 0 saturated carbocycles. The minimum Gasteiger partial charge on any atom is -0.468 e. The molecule has 2 heterocycles. The normalized spacial score (nSPS) is 23.8. The van der Waals surface area contributed by atoms with Gasteiger partial charge in [0.1, 0.15) is 5.76 Å². The van der Waals surface area contributed by atoms with Crippen LogP contribution in [-0.4, -0.2) is 31.1 Å². The van der Waals surface area contributed by atoms with Crippen LogP contribution in [0.5, 0.6) is 0 Å². The number of nitrogens with one attached hydrogen (secondary N) is 1. The van der Waals surface area contributed by atoms with Crippen LogP contribution in [0.4, 0.5) is 0 Å². The second kappa shape index (κ2) is 6.22. The van der Waals surface area contributed by atoms with Gasteiger partial charge in [0.2, 0.25) is 0 Å². The minimum atomic E-state index is 0.409. The van der Waals surface area contributed by atoms with Crippen LogP contribution in [0.3, 0.4) is 0 Å². The van der Waals surface area contributed by atoms with E-state index in [1.807, 2.05) is 13.1 Å². The van der Waals surface area contributed by atoms with Gasteiger partial charge in [0.15, 0.2) is 0 Å². The van der Waals surface area contributed by atoms with Crippen molar-refractivity contribution in [3.05, 3.63) is 24.2 Å². The van der Waals surface area contributed by atoms with Gasteiger partial charge < -0.3 is 9.73 Å². The summed E-state index contributed by atoms with van der Waals surface area (Å²) in [5.74, 6) is 1.10. The molecular weight excluding hydrogens is 212 g/mol. The maximum atomic E-state index is 5.54. The second-order valence-electron chi connectivity index (χ2n) is 4.97. The van der Waals surface area contributed by atoms with Crippen LogP contribution in [-0.2, 0) is 0 Å². The first kappa shape index (κ1) is 12.7. The molecule has 0 bridgehead atoms. The minimum absolute atomic E-state index is 0.409. The van der Waals surface area contributed by atoms with Gasteiger partial charge in [-0.2, -0.15) is 0 Å². The SMILES string of the molecule is CNCCC1CCCCN1C(C)c1ccco1. The summed E-state index contributed by atoms with van der Waals surface area (Å²) < 4.78 is 5.54. The molecule has 1 N–H and O–H groups in total. The van der Waals surface area contributed by atoms with E-state index in [0.717, 1.165) is 12.3 Å². The standard InChI is InChI=1S/C14H24N2O/c1-12(14-7-5-11-17-14)16-10-4-3-6-13(16)8-9-15-2/h5,7,11-13,15H,3-4,6,8-10H2,1-2H3. The van der Waals surface area contributed by atoms with Crippen LogP contribution in [0.2, 0.25) is 0 Å². The zero-order valence-electron chi connectivity index (χ0n) is 11.0.